The summed E-state index contributed by atoms with van der Waals surface area (Å²) in [5.41, 5.74) is 4.03. The highest BCUT2D eigenvalue weighted by Crippen LogP contribution is 2.33. The number of carbonyl (C=O) groups is 2. The van der Waals surface area contributed by atoms with E-state index in [0.717, 1.165) is 16.7 Å². The summed E-state index contributed by atoms with van der Waals surface area (Å²) < 4.78 is 6.06. The molecule has 2 aromatic heterocycles. The Morgan fingerprint density at radius 1 is 0.878 bits per heavy atom. The normalized spacial score (nSPS) is 11.7. The number of carboxylic acids is 1. The number of rotatable bonds is 10. The third-order valence-electron chi connectivity index (χ3n) is 6.14. The highest BCUT2D eigenvalue weighted by molar-refractivity contribution is 7.98. The zero-order valence-electron chi connectivity index (χ0n) is 21.5. The Morgan fingerprint density at radius 2 is 1.51 bits per heavy atom. The SMILES string of the molecule is O=C(N[C@@H](CSCc1ccccc1)C(=O)O)c1nc(-c2ccc(-c3ccccc3)cc2)oc1-c1cnc(Cl)c(Cl)c1. The largest absolute Gasteiger partial charge is 0.480 e. The Labute approximate surface area is 250 Å². The van der Waals surface area contributed by atoms with Crippen molar-refractivity contribution in [1.29, 1.82) is 0 Å². The number of pyridine rings is 1. The molecule has 2 N–H and O–H groups in total. The van der Waals surface area contributed by atoms with Gasteiger partial charge < -0.3 is 14.8 Å². The van der Waals surface area contributed by atoms with Crippen molar-refractivity contribution in [2.75, 3.05) is 5.75 Å². The van der Waals surface area contributed by atoms with E-state index in [-0.39, 0.29) is 33.3 Å². The molecule has 41 heavy (non-hydrogen) atoms. The van der Waals surface area contributed by atoms with Crippen molar-refractivity contribution >= 4 is 46.8 Å². The molecule has 0 saturated carbocycles. The summed E-state index contributed by atoms with van der Waals surface area (Å²) in [6.45, 7) is 0. The summed E-state index contributed by atoms with van der Waals surface area (Å²) in [7, 11) is 0. The summed E-state index contributed by atoms with van der Waals surface area (Å²) >= 11 is 13.6. The van der Waals surface area contributed by atoms with Crippen LogP contribution in [-0.4, -0.2) is 38.7 Å². The number of benzene rings is 3. The zero-order valence-corrected chi connectivity index (χ0v) is 23.8. The maximum Gasteiger partial charge on any atom is 0.327 e. The van der Waals surface area contributed by atoms with Gasteiger partial charge in [0, 0.05) is 28.8 Å². The summed E-state index contributed by atoms with van der Waals surface area (Å²) in [6.07, 6.45) is 1.41. The smallest absolute Gasteiger partial charge is 0.327 e. The first kappa shape index (κ1) is 28.4. The molecule has 0 unspecified atom stereocenters. The molecule has 206 valence electrons. The number of aromatic nitrogens is 2. The van der Waals surface area contributed by atoms with Crippen LogP contribution in [0.2, 0.25) is 10.2 Å². The summed E-state index contributed by atoms with van der Waals surface area (Å²) in [5, 5.41) is 12.7. The molecule has 0 saturated heterocycles. The van der Waals surface area contributed by atoms with Crippen molar-refractivity contribution in [3.05, 3.63) is 119 Å². The van der Waals surface area contributed by atoms with Crippen LogP contribution in [-0.2, 0) is 10.5 Å². The van der Waals surface area contributed by atoms with E-state index in [2.05, 4.69) is 15.3 Å². The van der Waals surface area contributed by atoms with Crippen LogP contribution in [0.5, 0.6) is 0 Å². The van der Waals surface area contributed by atoms with Crippen molar-refractivity contribution in [1.82, 2.24) is 15.3 Å². The molecule has 0 fully saturated rings. The quantitative estimate of drug-likeness (QED) is 0.159. The van der Waals surface area contributed by atoms with Crippen molar-refractivity contribution in [2.24, 2.45) is 0 Å². The molecule has 5 aromatic rings. The molecule has 7 nitrogen and oxygen atoms in total. The fourth-order valence-corrected chi connectivity index (χ4v) is 5.32. The Balaban J connectivity index is 1.42. The lowest BCUT2D eigenvalue weighted by Crippen LogP contribution is -2.42. The van der Waals surface area contributed by atoms with E-state index in [9.17, 15) is 14.7 Å². The maximum absolute atomic E-state index is 13.4. The fourth-order valence-electron chi connectivity index (χ4n) is 4.04. The second-order valence-corrected chi connectivity index (χ2v) is 10.8. The van der Waals surface area contributed by atoms with Crippen LogP contribution in [0.4, 0.5) is 0 Å². The van der Waals surface area contributed by atoms with Gasteiger partial charge in [-0.15, -0.1) is 0 Å². The second-order valence-electron chi connectivity index (χ2n) is 9.00. The lowest BCUT2D eigenvalue weighted by atomic mass is 10.0. The monoisotopic (exact) mass is 603 g/mol. The lowest BCUT2D eigenvalue weighted by molar-refractivity contribution is -0.138. The Hall–Kier alpha value is -4.11. The summed E-state index contributed by atoms with van der Waals surface area (Å²) in [6, 6.07) is 27.5. The van der Waals surface area contributed by atoms with Gasteiger partial charge in [0.05, 0.1) is 5.02 Å². The summed E-state index contributed by atoms with van der Waals surface area (Å²) in [4.78, 5) is 34.0. The topological polar surface area (TPSA) is 105 Å². The predicted molar refractivity (Wildman–Crippen MR) is 162 cm³/mol. The minimum Gasteiger partial charge on any atom is -0.480 e. The number of aliphatic carboxylic acids is 1. The summed E-state index contributed by atoms with van der Waals surface area (Å²) in [5.74, 6) is -0.816. The van der Waals surface area contributed by atoms with Gasteiger partial charge in [0.15, 0.2) is 11.5 Å². The van der Waals surface area contributed by atoms with Crippen LogP contribution in [0.15, 0.2) is 102 Å². The molecule has 0 aliphatic heterocycles. The molecule has 0 aliphatic rings. The Kier molecular flexibility index (Phi) is 9.04. The number of hydrogen-bond donors (Lipinski definition) is 2. The van der Waals surface area contributed by atoms with Gasteiger partial charge in [-0.05, 0) is 34.9 Å². The number of thioether (sulfide) groups is 1. The van der Waals surface area contributed by atoms with Gasteiger partial charge in [-0.1, -0.05) is 96.0 Å². The first-order valence-electron chi connectivity index (χ1n) is 12.5. The Morgan fingerprint density at radius 3 is 2.17 bits per heavy atom. The van der Waals surface area contributed by atoms with Gasteiger partial charge in [0.2, 0.25) is 5.89 Å². The Bertz CT molecular complexity index is 1660. The predicted octanol–water partition coefficient (Wildman–Crippen LogP) is 7.49. The molecular formula is C31H23Cl2N3O4S. The number of amides is 1. The van der Waals surface area contributed by atoms with Crippen molar-refractivity contribution < 1.29 is 19.1 Å². The molecule has 3 aromatic carbocycles. The van der Waals surface area contributed by atoms with Crippen LogP contribution >= 0.6 is 35.0 Å². The van der Waals surface area contributed by atoms with Crippen LogP contribution in [0.25, 0.3) is 33.9 Å². The van der Waals surface area contributed by atoms with Crippen molar-refractivity contribution in [3.63, 3.8) is 0 Å². The second kappa shape index (κ2) is 13.0. The standard InChI is InChI=1S/C31H23Cl2N3O4S/c32-24-15-23(16-34-28(24)33)27-26(29(37)35-25(31(38)39)18-41-17-19-7-3-1-4-8-19)36-30(40-27)22-13-11-21(12-14-22)20-9-5-2-6-10-20/h1-16,25H,17-18H2,(H,35,37)(H,38,39)/t25-/m0/s1. The minimum absolute atomic E-state index is 0.0911. The number of oxazole rings is 1. The van der Waals surface area contributed by atoms with Crippen molar-refractivity contribution in [3.8, 4) is 33.9 Å². The molecule has 10 heteroatoms. The van der Waals surface area contributed by atoms with Crippen molar-refractivity contribution in [2.45, 2.75) is 11.8 Å². The third kappa shape index (κ3) is 6.97. The van der Waals surface area contributed by atoms with Crippen LogP contribution in [0, 0.1) is 0 Å². The average molecular weight is 605 g/mol. The van der Waals surface area contributed by atoms with Gasteiger partial charge in [-0.25, -0.2) is 14.8 Å². The number of halogens is 2. The van der Waals surface area contributed by atoms with E-state index >= 15 is 0 Å². The van der Waals surface area contributed by atoms with Crippen LogP contribution < -0.4 is 5.32 Å². The minimum atomic E-state index is -1.16. The maximum atomic E-state index is 13.4. The number of hydrogen-bond acceptors (Lipinski definition) is 6. The molecule has 5 rings (SSSR count). The highest BCUT2D eigenvalue weighted by atomic mass is 35.5. The van der Waals surface area contributed by atoms with Gasteiger partial charge in [-0.3, -0.25) is 4.79 Å². The van der Waals surface area contributed by atoms with E-state index < -0.39 is 17.9 Å². The van der Waals surface area contributed by atoms with E-state index in [1.807, 2.05) is 84.9 Å². The fraction of sp³-hybridized carbons (Fsp3) is 0.0968. The molecule has 2 heterocycles. The number of carbonyl (C=O) groups excluding carboxylic acids is 1. The molecular weight excluding hydrogens is 581 g/mol. The third-order valence-corrected chi connectivity index (χ3v) is 7.93. The lowest BCUT2D eigenvalue weighted by Gasteiger charge is -2.14. The first-order valence-corrected chi connectivity index (χ1v) is 14.4. The molecule has 0 bridgehead atoms. The molecule has 0 radical (unpaired) electrons. The molecule has 1 atom stereocenters. The number of carboxylic acid groups (broad SMARTS) is 1. The van der Waals surface area contributed by atoms with Gasteiger partial charge in [0.25, 0.3) is 5.91 Å². The molecule has 0 spiro atoms. The zero-order chi connectivity index (χ0) is 28.8. The number of nitrogens with zero attached hydrogens (tertiary/aromatic N) is 2. The first-order chi connectivity index (χ1) is 19.9. The number of nitrogens with one attached hydrogen (secondary N) is 1. The van der Waals surface area contributed by atoms with Gasteiger partial charge in [0.1, 0.15) is 11.2 Å². The van der Waals surface area contributed by atoms with Gasteiger partial charge in [-0.2, -0.15) is 11.8 Å². The van der Waals surface area contributed by atoms with E-state index in [4.69, 9.17) is 27.6 Å². The molecule has 1 amide bonds. The van der Waals surface area contributed by atoms with Crippen LogP contribution in [0.3, 0.4) is 0 Å². The average Bonchev–Trinajstić information content (AvgIpc) is 3.45. The van der Waals surface area contributed by atoms with E-state index in [1.54, 1.807) is 0 Å². The van der Waals surface area contributed by atoms with E-state index in [1.165, 1.54) is 24.0 Å². The molecule has 0 aliphatic carbocycles. The van der Waals surface area contributed by atoms with Crippen LogP contribution in [0.1, 0.15) is 16.1 Å². The van der Waals surface area contributed by atoms with E-state index in [0.29, 0.717) is 16.9 Å². The van der Waals surface area contributed by atoms with Gasteiger partial charge >= 0.3 is 5.97 Å². The highest BCUT2D eigenvalue weighted by Gasteiger charge is 2.27.